The molecule has 0 N–H and O–H groups in total. The fraction of sp³-hybridized carbons (Fsp3) is 0.300. The van der Waals surface area contributed by atoms with Crippen molar-refractivity contribution in [1.29, 1.82) is 0 Å². The molecule has 0 spiro atoms. The number of aryl methyl sites for hydroxylation is 1. The molecule has 0 fully saturated rings. The van der Waals surface area contributed by atoms with E-state index in [1.54, 1.807) is 24.3 Å². The lowest BCUT2D eigenvalue weighted by atomic mass is 10.1. The third-order valence-electron chi connectivity index (χ3n) is 4.17. The summed E-state index contributed by atoms with van der Waals surface area (Å²) in [4.78, 5) is 0.198. The van der Waals surface area contributed by atoms with Gasteiger partial charge in [-0.05, 0) is 36.1 Å². The minimum atomic E-state index is -3.76. The molecule has 0 saturated heterocycles. The normalized spacial score (nSPS) is 11.9. The molecule has 0 atom stereocenters. The summed E-state index contributed by atoms with van der Waals surface area (Å²) in [6.45, 7) is 6.20. The van der Waals surface area contributed by atoms with E-state index < -0.39 is 10.0 Å². The van der Waals surface area contributed by atoms with Crippen LogP contribution in [0.5, 0.6) is 0 Å². The van der Waals surface area contributed by atoms with Crippen LogP contribution in [0.25, 0.3) is 11.3 Å². The second-order valence-corrected chi connectivity index (χ2v) is 11.0. The molecule has 1 aromatic heterocycles. The van der Waals surface area contributed by atoms with Gasteiger partial charge >= 0.3 is 0 Å². The zero-order valence-corrected chi connectivity index (χ0v) is 18.5. The van der Waals surface area contributed by atoms with Gasteiger partial charge in [-0.3, -0.25) is 0 Å². The van der Waals surface area contributed by atoms with E-state index in [1.807, 2.05) is 48.6 Å². The topological polar surface area (TPSA) is 64.8 Å². The van der Waals surface area contributed by atoms with E-state index in [-0.39, 0.29) is 9.48 Å². The number of benzene rings is 2. The number of rotatable bonds is 8. The van der Waals surface area contributed by atoms with Crippen molar-refractivity contribution in [3.8, 4) is 11.3 Å². The van der Waals surface area contributed by atoms with Crippen molar-refractivity contribution in [2.45, 2.75) is 30.2 Å². The first-order chi connectivity index (χ1) is 13.5. The van der Waals surface area contributed by atoms with Gasteiger partial charge in [0.05, 0.1) is 15.7 Å². The maximum atomic E-state index is 12.9. The van der Waals surface area contributed by atoms with Crippen LogP contribution < -0.4 is 0 Å². The molecule has 2 aromatic carbocycles. The highest BCUT2D eigenvalue weighted by Gasteiger charge is 2.22. The maximum absolute atomic E-state index is 12.9. The molecule has 0 aliphatic heterocycles. The van der Waals surface area contributed by atoms with E-state index in [0.29, 0.717) is 5.69 Å². The molecule has 8 heteroatoms. The van der Waals surface area contributed by atoms with Crippen molar-refractivity contribution in [3.05, 3.63) is 65.9 Å². The average Bonchev–Trinajstić information content (AvgIpc) is 3.19. The van der Waals surface area contributed by atoms with E-state index in [9.17, 15) is 8.42 Å². The Labute approximate surface area is 175 Å². The molecular formula is C20H23N3O2S3. The molecule has 1 heterocycles. The van der Waals surface area contributed by atoms with E-state index >= 15 is 0 Å². The largest absolute Gasteiger partial charge is 0.284 e. The number of hydrogen-bond acceptors (Lipinski definition) is 6. The predicted molar refractivity (Wildman–Crippen MR) is 118 cm³/mol. The summed E-state index contributed by atoms with van der Waals surface area (Å²) >= 11 is 3.73. The van der Waals surface area contributed by atoms with Crippen LogP contribution in [0.3, 0.4) is 0 Å². The standard InChI is InChI=1S/C20H23N3O2S3/c1-4-26-20(27-5-2)18-9-7-6-8-17(18)19-14-23(22-21-19)28(24,25)16-12-10-15(3)11-13-16/h6-14,20H,4-5H2,1-3H3. The van der Waals surface area contributed by atoms with Gasteiger partial charge in [-0.25, -0.2) is 0 Å². The van der Waals surface area contributed by atoms with Gasteiger partial charge in [0.1, 0.15) is 5.69 Å². The van der Waals surface area contributed by atoms with Crippen LogP contribution in [0, 0.1) is 6.92 Å². The van der Waals surface area contributed by atoms with Crippen LogP contribution in [-0.2, 0) is 10.0 Å². The number of thioether (sulfide) groups is 2. The third kappa shape index (κ3) is 4.45. The Balaban J connectivity index is 2.00. The Morgan fingerprint density at radius 1 is 1.00 bits per heavy atom. The summed E-state index contributed by atoms with van der Waals surface area (Å²) in [6.07, 6.45) is 1.50. The molecule has 3 rings (SSSR count). The second kappa shape index (κ2) is 9.15. The van der Waals surface area contributed by atoms with Crippen LogP contribution >= 0.6 is 23.5 Å². The van der Waals surface area contributed by atoms with Crippen molar-refractivity contribution >= 4 is 33.5 Å². The Bertz CT molecular complexity index is 1020. The first-order valence-electron chi connectivity index (χ1n) is 9.04. The lowest BCUT2D eigenvalue weighted by molar-refractivity contribution is 0.577. The Kier molecular flexibility index (Phi) is 6.85. The molecule has 0 aliphatic carbocycles. The molecule has 0 radical (unpaired) electrons. The third-order valence-corrected chi connectivity index (χ3v) is 8.30. The Hall–Kier alpha value is -1.77. The van der Waals surface area contributed by atoms with Gasteiger partial charge in [0, 0.05) is 5.56 Å². The zero-order valence-electron chi connectivity index (χ0n) is 16.1. The monoisotopic (exact) mass is 433 g/mol. The lowest BCUT2D eigenvalue weighted by Gasteiger charge is -2.17. The van der Waals surface area contributed by atoms with Crippen LogP contribution in [0.15, 0.2) is 59.6 Å². The van der Waals surface area contributed by atoms with Crippen molar-refractivity contribution in [1.82, 2.24) is 14.4 Å². The molecule has 3 aromatic rings. The number of aromatic nitrogens is 3. The summed E-state index contributed by atoms with van der Waals surface area (Å²) in [6, 6.07) is 14.7. The van der Waals surface area contributed by atoms with E-state index in [2.05, 4.69) is 30.2 Å². The molecular weight excluding hydrogens is 410 g/mol. The summed E-state index contributed by atoms with van der Waals surface area (Å²) in [5.41, 5.74) is 3.62. The minimum Gasteiger partial charge on any atom is -0.199 e. The highest BCUT2D eigenvalue weighted by Crippen LogP contribution is 2.43. The molecule has 0 unspecified atom stereocenters. The van der Waals surface area contributed by atoms with Gasteiger partial charge < -0.3 is 0 Å². The number of hydrogen-bond donors (Lipinski definition) is 0. The van der Waals surface area contributed by atoms with Crippen LogP contribution in [0.4, 0.5) is 0 Å². The smallest absolute Gasteiger partial charge is 0.199 e. The zero-order chi connectivity index (χ0) is 20.1. The van der Waals surface area contributed by atoms with Crippen molar-refractivity contribution in [2.24, 2.45) is 0 Å². The molecule has 0 bridgehead atoms. The van der Waals surface area contributed by atoms with Gasteiger partial charge in [-0.2, -0.15) is 8.42 Å². The van der Waals surface area contributed by atoms with Crippen molar-refractivity contribution in [3.63, 3.8) is 0 Å². The molecule has 148 valence electrons. The molecule has 0 amide bonds. The summed E-state index contributed by atoms with van der Waals surface area (Å²) in [5, 5.41) is 8.09. The van der Waals surface area contributed by atoms with Crippen molar-refractivity contribution in [2.75, 3.05) is 11.5 Å². The summed E-state index contributed by atoms with van der Waals surface area (Å²) in [5.74, 6) is 2.00. The molecule has 0 aliphatic rings. The first-order valence-corrected chi connectivity index (χ1v) is 12.6. The van der Waals surface area contributed by atoms with Crippen LogP contribution in [0.2, 0.25) is 0 Å². The van der Waals surface area contributed by atoms with Gasteiger partial charge in [0.25, 0.3) is 10.0 Å². The maximum Gasteiger partial charge on any atom is 0.284 e. The van der Waals surface area contributed by atoms with E-state index in [0.717, 1.165) is 32.3 Å². The quantitative estimate of drug-likeness (QED) is 0.466. The number of nitrogens with zero attached hydrogens (tertiary/aromatic N) is 3. The van der Waals surface area contributed by atoms with Gasteiger partial charge in [0.15, 0.2) is 0 Å². The lowest BCUT2D eigenvalue weighted by Crippen LogP contribution is -2.13. The fourth-order valence-corrected chi connectivity index (χ4v) is 6.42. The predicted octanol–water partition coefficient (Wildman–Crippen LogP) is 5.00. The van der Waals surface area contributed by atoms with Crippen molar-refractivity contribution < 1.29 is 8.42 Å². The van der Waals surface area contributed by atoms with Gasteiger partial charge in [-0.15, -0.1) is 32.7 Å². The first kappa shape index (κ1) is 21.0. The molecule has 28 heavy (non-hydrogen) atoms. The highest BCUT2D eigenvalue weighted by atomic mass is 32.2. The van der Waals surface area contributed by atoms with E-state index in [4.69, 9.17) is 0 Å². The Morgan fingerprint density at radius 3 is 2.29 bits per heavy atom. The average molecular weight is 434 g/mol. The van der Waals surface area contributed by atoms with Gasteiger partial charge in [0.2, 0.25) is 0 Å². The van der Waals surface area contributed by atoms with Crippen LogP contribution in [0.1, 0.15) is 29.6 Å². The fourth-order valence-electron chi connectivity index (χ4n) is 2.77. The minimum absolute atomic E-state index is 0.198. The summed E-state index contributed by atoms with van der Waals surface area (Å²) in [7, 11) is -3.76. The Morgan fingerprint density at radius 2 is 1.64 bits per heavy atom. The van der Waals surface area contributed by atoms with E-state index in [1.165, 1.54) is 6.20 Å². The highest BCUT2D eigenvalue weighted by molar-refractivity contribution is 8.16. The van der Waals surface area contributed by atoms with Gasteiger partial charge in [-0.1, -0.05) is 61.0 Å². The molecule has 5 nitrogen and oxygen atoms in total. The SMILES string of the molecule is CCSC(SCC)c1ccccc1-c1cn(S(=O)(=O)c2ccc(C)cc2)nn1. The van der Waals surface area contributed by atoms with Crippen LogP contribution in [-0.4, -0.2) is 34.3 Å². The second-order valence-electron chi connectivity index (χ2n) is 6.12. The summed E-state index contributed by atoms with van der Waals surface area (Å²) < 4.78 is 27.0. The molecule has 0 saturated carbocycles.